The highest BCUT2D eigenvalue weighted by atomic mass is 16.5. The van der Waals surface area contributed by atoms with Crippen LogP contribution in [0.2, 0.25) is 0 Å². The molecule has 0 amide bonds. The van der Waals surface area contributed by atoms with Gasteiger partial charge < -0.3 is 24.4 Å². The minimum atomic E-state index is -1.14. The average molecular weight is 638 g/mol. The molecule has 6 rings (SSSR count). The minimum absolute atomic E-state index is 0.237. The standard InChI is InChI=1S/C38H47N5O4/c1-23-31(33(42-17-14-38(6,7)15-18-42)32(24(2)41-23)34(36(44)45)47-37(3,4)5)26-9-10-27-21-43(16-13-25(27)19-26)35-29-12-11-28(46-8)20-30(29)39-22-40-35/h9-12,19-20,22,34H,13-18,21H2,1-8H3,(H,44,45). The number of fused-ring (bicyclic) bond motifs is 2. The van der Waals surface area contributed by atoms with Crippen molar-refractivity contribution >= 4 is 28.4 Å². The summed E-state index contributed by atoms with van der Waals surface area (Å²) in [5.74, 6) is 0.693. The van der Waals surface area contributed by atoms with Crippen LogP contribution in [0.25, 0.3) is 22.0 Å². The van der Waals surface area contributed by atoms with Gasteiger partial charge in [0.05, 0.1) is 23.9 Å². The number of carboxylic acid groups (broad SMARTS) is 1. The van der Waals surface area contributed by atoms with Gasteiger partial charge in [0, 0.05) is 60.1 Å². The van der Waals surface area contributed by atoms with E-state index in [0.29, 0.717) is 11.3 Å². The molecule has 248 valence electrons. The Kier molecular flexibility index (Phi) is 8.63. The zero-order valence-electron chi connectivity index (χ0n) is 29.0. The third kappa shape index (κ3) is 6.63. The molecule has 9 heteroatoms. The number of hydrogen-bond acceptors (Lipinski definition) is 8. The molecule has 2 aliphatic heterocycles. The number of piperidine rings is 1. The smallest absolute Gasteiger partial charge is 0.337 e. The van der Waals surface area contributed by atoms with E-state index in [0.717, 1.165) is 90.4 Å². The van der Waals surface area contributed by atoms with E-state index >= 15 is 0 Å². The lowest BCUT2D eigenvalue weighted by Gasteiger charge is -2.41. The number of hydrogen-bond donors (Lipinski definition) is 1. The molecule has 0 aliphatic carbocycles. The van der Waals surface area contributed by atoms with E-state index in [4.69, 9.17) is 14.5 Å². The molecule has 1 atom stereocenters. The van der Waals surface area contributed by atoms with Gasteiger partial charge in [-0.3, -0.25) is 4.98 Å². The van der Waals surface area contributed by atoms with Crippen LogP contribution in [-0.4, -0.2) is 58.4 Å². The summed E-state index contributed by atoms with van der Waals surface area (Å²) < 4.78 is 11.7. The first-order chi connectivity index (χ1) is 22.2. The van der Waals surface area contributed by atoms with Gasteiger partial charge in [-0.15, -0.1) is 0 Å². The van der Waals surface area contributed by atoms with E-state index in [1.807, 2.05) is 52.8 Å². The topological polar surface area (TPSA) is 101 Å². The summed E-state index contributed by atoms with van der Waals surface area (Å²) >= 11 is 0. The molecule has 47 heavy (non-hydrogen) atoms. The van der Waals surface area contributed by atoms with Crippen LogP contribution >= 0.6 is 0 Å². The van der Waals surface area contributed by atoms with Gasteiger partial charge in [0.2, 0.25) is 0 Å². The lowest BCUT2D eigenvalue weighted by Crippen LogP contribution is -2.39. The zero-order valence-corrected chi connectivity index (χ0v) is 29.0. The SMILES string of the molecule is COc1ccc2c(N3CCc4cc(-c5c(C)nc(C)c(C(OC(C)(C)C)C(=O)O)c5N5CCC(C)(C)CC5)ccc4C3)ncnc2c1. The van der Waals surface area contributed by atoms with Gasteiger partial charge in [-0.05, 0) is 88.1 Å². The van der Waals surface area contributed by atoms with Crippen LogP contribution in [0, 0.1) is 19.3 Å². The number of carbonyl (C=O) groups is 1. The Hall–Kier alpha value is -4.24. The highest BCUT2D eigenvalue weighted by molar-refractivity contribution is 5.91. The summed E-state index contributed by atoms with van der Waals surface area (Å²) in [4.78, 5) is 31.7. The number of anilines is 2. The predicted molar refractivity (Wildman–Crippen MR) is 186 cm³/mol. The average Bonchev–Trinajstić information content (AvgIpc) is 3.02. The molecule has 4 heterocycles. The number of aromatic nitrogens is 3. The molecule has 1 N–H and O–H groups in total. The van der Waals surface area contributed by atoms with Crippen molar-refractivity contribution in [2.45, 2.75) is 86.0 Å². The summed E-state index contributed by atoms with van der Waals surface area (Å²) in [6, 6.07) is 12.6. The molecule has 1 fully saturated rings. The fraction of sp³-hybridized carbons (Fsp3) is 0.474. The number of carboxylic acids is 1. The van der Waals surface area contributed by atoms with Crippen LogP contribution < -0.4 is 14.5 Å². The maximum absolute atomic E-state index is 12.9. The van der Waals surface area contributed by atoms with Crippen molar-refractivity contribution in [2.24, 2.45) is 5.41 Å². The Labute approximate surface area is 278 Å². The number of rotatable bonds is 7. The molecule has 1 unspecified atom stereocenters. The number of benzene rings is 2. The number of aliphatic carboxylic acids is 1. The molecular formula is C38H47N5O4. The molecule has 4 aromatic rings. The number of methoxy groups -OCH3 is 1. The van der Waals surface area contributed by atoms with Crippen molar-refractivity contribution in [3.8, 4) is 16.9 Å². The monoisotopic (exact) mass is 637 g/mol. The van der Waals surface area contributed by atoms with E-state index in [-0.39, 0.29) is 5.41 Å². The Morgan fingerprint density at radius 3 is 2.38 bits per heavy atom. The molecule has 2 aliphatic rings. The van der Waals surface area contributed by atoms with Crippen LogP contribution in [0.3, 0.4) is 0 Å². The molecule has 0 bridgehead atoms. The van der Waals surface area contributed by atoms with Gasteiger partial charge in [-0.2, -0.15) is 0 Å². The molecule has 9 nitrogen and oxygen atoms in total. The number of ether oxygens (including phenoxy) is 2. The maximum atomic E-state index is 12.9. The second-order valence-corrected chi connectivity index (χ2v) is 14.8. The summed E-state index contributed by atoms with van der Waals surface area (Å²) in [5, 5.41) is 11.5. The van der Waals surface area contributed by atoms with Crippen LogP contribution in [0.5, 0.6) is 5.75 Å². The van der Waals surface area contributed by atoms with E-state index in [2.05, 4.69) is 51.8 Å². The molecule has 0 spiro atoms. The fourth-order valence-corrected chi connectivity index (χ4v) is 7.05. The number of pyridine rings is 1. The van der Waals surface area contributed by atoms with E-state index in [1.165, 1.54) is 11.1 Å². The van der Waals surface area contributed by atoms with Crippen LogP contribution in [0.4, 0.5) is 11.5 Å². The molecule has 1 saturated heterocycles. The second kappa shape index (κ2) is 12.4. The van der Waals surface area contributed by atoms with E-state index in [9.17, 15) is 9.90 Å². The molecule has 0 radical (unpaired) electrons. The lowest BCUT2D eigenvalue weighted by molar-refractivity contribution is -0.160. The van der Waals surface area contributed by atoms with Crippen LogP contribution in [-0.2, 0) is 22.5 Å². The molecule has 2 aromatic carbocycles. The zero-order chi connectivity index (χ0) is 33.7. The van der Waals surface area contributed by atoms with E-state index in [1.54, 1.807) is 13.4 Å². The van der Waals surface area contributed by atoms with E-state index < -0.39 is 17.7 Å². The largest absolute Gasteiger partial charge is 0.497 e. The van der Waals surface area contributed by atoms with Gasteiger partial charge in [-0.1, -0.05) is 32.0 Å². The first-order valence-corrected chi connectivity index (χ1v) is 16.6. The third-order valence-electron chi connectivity index (χ3n) is 9.60. The van der Waals surface area contributed by atoms with Crippen molar-refractivity contribution in [2.75, 3.05) is 36.5 Å². The quantitative estimate of drug-likeness (QED) is 0.221. The van der Waals surface area contributed by atoms with Gasteiger partial charge in [-0.25, -0.2) is 14.8 Å². The van der Waals surface area contributed by atoms with Crippen LogP contribution in [0.1, 0.15) is 81.6 Å². The summed E-state index contributed by atoms with van der Waals surface area (Å²) in [5.41, 5.74) is 8.23. The Balaban J connectivity index is 1.42. The number of aryl methyl sites for hydroxylation is 2. The van der Waals surface area contributed by atoms with Crippen molar-refractivity contribution in [3.63, 3.8) is 0 Å². The second-order valence-electron chi connectivity index (χ2n) is 14.8. The Morgan fingerprint density at radius 1 is 0.957 bits per heavy atom. The summed E-state index contributed by atoms with van der Waals surface area (Å²) in [6.45, 7) is 17.5. The van der Waals surface area contributed by atoms with Gasteiger partial charge in [0.15, 0.2) is 6.10 Å². The molecule has 2 aromatic heterocycles. The molecular weight excluding hydrogens is 590 g/mol. The lowest BCUT2D eigenvalue weighted by atomic mass is 9.81. The third-order valence-corrected chi connectivity index (χ3v) is 9.60. The van der Waals surface area contributed by atoms with Crippen molar-refractivity contribution < 1.29 is 19.4 Å². The molecule has 0 saturated carbocycles. The first kappa shape index (κ1) is 32.7. The number of nitrogens with zero attached hydrogens (tertiary/aromatic N) is 5. The Morgan fingerprint density at radius 2 is 1.70 bits per heavy atom. The van der Waals surface area contributed by atoms with Gasteiger partial charge >= 0.3 is 5.97 Å². The van der Waals surface area contributed by atoms with Crippen molar-refractivity contribution in [1.29, 1.82) is 0 Å². The summed E-state index contributed by atoms with van der Waals surface area (Å²) in [7, 11) is 1.66. The Bertz CT molecular complexity index is 1820. The van der Waals surface area contributed by atoms with Crippen molar-refractivity contribution in [1.82, 2.24) is 15.0 Å². The van der Waals surface area contributed by atoms with Crippen LogP contribution in [0.15, 0.2) is 42.7 Å². The summed E-state index contributed by atoms with van der Waals surface area (Å²) in [6.07, 6.45) is 3.38. The first-order valence-electron chi connectivity index (χ1n) is 16.6. The highest BCUT2D eigenvalue weighted by Gasteiger charge is 2.36. The minimum Gasteiger partial charge on any atom is -0.497 e. The normalized spacial score (nSPS) is 17.0. The van der Waals surface area contributed by atoms with Gasteiger partial charge in [0.1, 0.15) is 17.9 Å². The maximum Gasteiger partial charge on any atom is 0.337 e. The van der Waals surface area contributed by atoms with Gasteiger partial charge in [0.25, 0.3) is 0 Å². The fourth-order valence-electron chi connectivity index (χ4n) is 7.05. The predicted octanol–water partition coefficient (Wildman–Crippen LogP) is 7.45. The highest BCUT2D eigenvalue weighted by Crippen LogP contribution is 2.45. The van der Waals surface area contributed by atoms with Crippen molar-refractivity contribution in [3.05, 3.63) is 70.8 Å².